The summed E-state index contributed by atoms with van der Waals surface area (Å²) < 4.78 is 0. The number of rotatable bonds is 4. The number of anilines is 1. The highest BCUT2D eigenvalue weighted by Gasteiger charge is 2.16. The van der Waals surface area contributed by atoms with Crippen LogP contribution in [0.3, 0.4) is 0 Å². The fourth-order valence-electron chi connectivity index (χ4n) is 1.53. The summed E-state index contributed by atoms with van der Waals surface area (Å²) in [5, 5.41) is 2.64. The third kappa shape index (κ3) is 3.24. The van der Waals surface area contributed by atoms with E-state index in [1.807, 2.05) is 43.1 Å². The topological polar surface area (TPSA) is 58.4 Å². The average molecular weight is 221 g/mol. The van der Waals surface area contributed by atoms with Gasteiger partial charge < -0.3 is 11.1 Å². The van der Waals surface area contributed by atoms with Gasteiger partial charge in [0.2, 0.25) is 5.91 Å². The molecule has 0 fully saturated rings. The number of amides is 1. The Hall–Kier alpha value is -1.55. The summed E-state index contributed by atoms with van der Waals surface area (Å²) in [7, 11) is 3.57. The van der Waals surface area contributed by atoms with Crippen molar-refractivity contribution in [2.45, 2.75) is 19.5 Å². The van der Waals surface area contributed by atoms with E-state index in [1.54, 1.807) is 7.05 Å². The fourth-order valence-corrected chi connectivity index (χ4v) is 1.53. The van der Waals surface area contributed by atoms with Gasteiger partial charge in [-0.2, -0.15) is 0 Å². The Balaban J connectivity index is 2.64. The largest absolute Gasteiger partial charge is 0.399 e. The lowest BCUT2D eigenvalue weighted by atomic mass is 10.1. The quantitative estimate of drug-likeness (QED) is 0.741. The average Bonchev–Trinajstić information content (AvgIpc) is 2.27. The van der Waals surface area contributed by atoms with Gasteiger partial charge in [0.25, 0.3) is 0 Å². The molecule has 1 atom stereocenters. The summed E-state index contributed by atoms with van der Waals surface area (Å²) >= 11 is 0. The number of hydrogen-bond acceptors (Lipinski definition) is 3. The number of nitrogens with two attached hydrogens (primary N) is 1. The van der Waals surface area contributed by atoms with Crippen molar-refractivity contribution in [3.8, 4) is 0 Å². The van der Waals surface area contributed by atoms with Crippen LogP contribution in [0.1, 0.15) is 12.5 Å². The van der Waals surface area contributed by atoms with Crippen LogP contribution in [-0.4, -0.2) is 30.9 Å². The number of nitrogens with zero attached hydrogens (tertiary/aromatic N) is 1. The molecule has 0 spiro atoms. The van der Waals surface area contributed by atoms with Gasteiger partial charge in [-0.15, -0.1) is 0 Å². The maximum absolute atomic E-state index is 11.4. The van der Waals surface area contributed by atoms with Gasteiger partial charge in [0, 0.05) is 19.3 Å². The lowest BCUT2D eigenvalue weighted by Crippen LogP contribution is -2.41. The molecule has 1 amide bonds. The molecule has 0 saturated carbocycles. The molecule has 1 aromatic carbocycles. The molecule has 0 radical (unpaired) electrons. The molecule has 4 heteroatoms. The van der Waals surface area contributed by atoms with Crippen LogP contribution in [0.4, 0.5) is 5.69 Å². The van der Waals surface area contributed by atoms with Gasteiger partial charge >= 0.3 is 0 Å². The lowest BCUT2D eigenvalue weighted by Gasteiger charge is -2.23. The predicted molar refractivity (Wildman–Crippen MR) is 65.9 cm³/mol. The van der Waals surface area contributed by atoms with Gasteiger partial charge in [0.1, 0.15) is 0 Å². The number of benzene rings is 1. The number of likely N-dealkylation sites (N-methyl/N-ethyl adjacent to an activating group) is 2. The third-order valence-corrected chi connectivity index (χ3v) is 2.67. The molecule has 4 nitrogen and oxygen atoms in total. The number of nitrogen functional groups attached to an aromatic ring is 1. The van der Waals surface area contributed by atoms with Crippen LogP contribution in [0.15, 0.2) is 24.3 Å². The van der Waals surface area contributed by atoms with Crippen LogP contribution < -0.4 is 11.1 Å². The Morgan fingerprint density at radius 2 is 2.25 bits per heavy atom. The highest BCUT2D eigenvalue weighted by atomic mass is 16.2. The molecule has 0 aliphatic carbocycles. The normalized spacial score (nSPS) is 12.5. The van der Waals surface area contributed by atoms with Crippen molar-refractivity contribution >= 4 is 11.6 Å². The molecule has 16 heavy (non-hydrogen) atoms. The van der Waals surface area contributed by atoms with Gasteiger partial charge in [0.05, 0.1) is 6.04 Å². The van der Waals surface area contributed by atoms with Crippen LogP contribution in [-0.2, 0) is 11.3 Å². The predicted octanol–water partition coefficient (Wildman–Crippen LogP) is 0.835. The summed E-state index contributed by atoms with van der Waals surface area (Å²) in [4.78, 5) is 13.4. The molecule has 0 saturated heterocycles. The van der Waals surface area contributed by atoms with E-state index in [0.717, 1.165) is 11.3 Å². The number of carbonyl (C=O) groups is 1. The maximum atomic E-state index is 11.4. The van der Waals surface area contributed by atoms with Crippen LogP contribution in [0.25, 0.3) is 0 Å². The van der Waals surface area contributed by atoms with E-state index in [1.165, 1.54) is 0 Å². The zero-order valence-electron chi connectivity index (χ0n) is 10.0. The van der Waals surface area contributed by atoms with E-state index in [-0.39, 0.29) is 11.9 Å². The van der Waals surface area contributed by atoms with Crippen LogP contribution in [0.2, 0.25) is 0 Å². The molecule has 1 rings (SSSR count). The van der Waals surface area contributed by atoms with Gasteiger partial charge in [-0.05, 0) is 31.7 Å². The molecule has 0 aromatic heterocycles. The molecular weight excluding hydrogens is 202 g/mol. The first-order valence-electron chi connectivity index (χ1n) is 5.31. The van der Waals surface area contributed by atoms with Crippen LogP contribution >= 0.6 is 0 Å². The molecule has 0 bridgehead atoms. The first kappa shape index (κ1) is 12.5. The van der Waals surface area contributed by atoms with Crippen molar-refractivity contribution in [3.05, 3.63) is 29.8 Å². The van der Waals surface area contributed by atoms with E-state index in [4.69, 9.17) is 5.73 Å². The first-order valence-corrected chi connectivity index (χ1v) is 5.31. The standard InChI is InChI=1S/C12H19N3O/c1-9(12(16)14-2)15(3)8-10-5-4-6-11(13)7-10/h4-7,9H,8,13H2,1-3H3,(H,14,16). The van der Waals surface area contributed by atoms with E-state index in [0.29, 0.717) is 6.54 Å². The number of carbonyl (C=O) groups excluding carboxylic acids is 1. The Morgan fingerprint density at radius 3 is 2.81 bits per heavy atom. The summed E-state index contributed by atoms with van der Waals surface area (Å²) in [5.41, 5.74) is 7.56. The van der Waals surface area contributed by atoms with E-state index in [9.17, 15) is 4.79 Å². The summed E-state index contributed by atoms with van der Waals surface area (Å²) in [5.74, 6) is 0.0198. The minimum Gasteiger partial charge on any atom is -0.399 e. The summed E-state index contributed by atoms with van der Waals surface area (Å²) in [6, 6.07) is 7.55. The second-order valence-corrected chi connectivity index (χ2v) is 3.95. The monoisotopic (exact) mass is 221 g/mol. The summed E-state index contributed by atoms with van der Waals surface area (Å²) in [6.07, 6.45) is 0. The number of nitrogens with one attached hydrogen (secondary N) is 1. The first-order chi connectivity index (χ1) is 7.54. The van der Waals surface area contributed by atoms with Gasteiger partial charge in [-0.25, -0.2) is 0 Å². The highest BCUT2D eigenvalue weighted by Crippen LogP contribution is 2.10. The Morgan fingerprint density at radius 1 is 1.56 bits per heavy atom. The second-order valence-electron chi connectivity index (χ2n) is 3.95. The van der Waals surface area contributed by atoms with Crippen molar-refractivity contribution in [3.63, 3.8) is 0 Å². The molecule has 0 aliphatic heterocycles. The van der Waals surface area contributed by atoms with Crippen LogP contribution in [0, 0.1) is 0 Å². The minimum absolute atomic E-state index is 0.0198. The van der Waals surface area contributed by atoms with E-state index < -0.39 is 0 Å². The molecule has 1 aromatic rings. The molecule has 1 unspecified atom stereocenters. The van der Waals surface area contributed by atoms with Crippen molar-refractivity contribution in [1.82, 2.24) is 10.2 Å². The Bertz CT molecular complexity index is 365. The fraction of sp³-hybridized carbons (Fsp3) is 0.417. The van der Waals surface area contributed by atoms with Crippen molar-refractivity contribution in [1.29, 1.82) is 0 Å². The van der Waals surface area contributed by atoms with Crippen LogP contribution in [0.5, 0.6) is 0 Å². The lowest BCUT2D eigenvalue weighted by molar-refractivity contribution is -0.125. The zero-order chi connectivity index (χ0) is 12.1. The minimum atomic E-state index is -0.147. The van der Waals surface area contributed by atoms with E-state index in [2.05, 4.69) is 5.32 Å². The third-order valence-electron chi connectivity index (χ3n) is 2.67. The Labute approximate surface area is 96.4 Å². The molecular formula is C12H19N3O. The SMILES string of the molecule is CNC(=O)C(C)N(C)Cc1cccc(N)c1. The maximum Gasteiger partial charge on any atom is 0.236 e. The van der Waals surface area contributed by atoms with Crippen molar-refractivity contribution < 1.29 is 4.79 Å². The van der Waals surface area contributed by atoms with Gasteiger partial charge in [0.15, 0.2) is 0 Å². The zero-order valence-corrected chi connectivity index (χ0v) is 10.0. The highest BCUT2D eigenvalue weighted by molar-refractivity contribution is 5.80. The smallest absolute Gasteiger partial charge is 0.236 e. The number of hydrogen-bond donors (Lipinski definition) is 2. The van der Waals surface area contributed by atoms with Crippen molar-refractivity contribution in [2.24, 2.45) is 0 Å². The van der Waals surface area contributed by atoms with Gasteiger partial charge in [-0.3, -0.25) is 9.69 Å². The molecule has 3 N–H and O–H groups in total. The Kier molecular flexibility index (Phi) is 4.31. The second kappa shape index (κ2) is 5.51. The summed E-state index contributed by atoms with van der Waals surface area (Å²) in [6.45, 7) is 2.59. The van der Waals surface area contributed by atoms with Crippen molar-refractivity contribution in [2.75, 3.05) is 19.8 Å². The molecule has 0 aliphatic rings. The van der Waals surface area contributed by atoms with E-state index >= 15 is 0 Å². The van der Waals surface area contributed by atoms with Gasteiger partial charge in [-0.1, -0.05) is 12.1 Å². The molecule has 0 heterocycles. The molecule has 88 valence electrons.